The minimum Gasteiger partial charge on any atom is -0.372 e. The van der Waals surface area contributed by atoms with Crippen molar-refractivity contribution in [3.05, 3.63) is 34.9 Å². The van der Waals surface area contributed by atoms with E-state index in [9.17, 15) is 0 Å². The summed E-state index contributed by atoms with van der Waals surface area (Å²) in [4.78, 5) is 0. The number of hydrogen-bond donors (Lipinski definition) is 1. The molecule has 0 amide bonds. The zero-order valence-electron chi connectivity index (χ0n) is 8.08. The van der Waals surface area contributed by atoms with E-state index in [1.54, 1.807) is 0 Å². The Morgan fingerprint density at radius 2 is 2.23 bits per heavy atom. The highest BCUT2D eigenvalue weighted by Gasteiger charge is 2.23. The van der Waals surface area contributed by atoms with Gasteiger partial charge < -0.3 is 10.5 Å². The molecule has 0 spiro atoms. The van der Waals surface area contributed by atoms with Gasteiger partial charge >= 0.3 is 0 Å². The van der Waals surface area contributed by atoms with Crippen LogP contribution < -0.4 is 5.73 Å². The molecule has 0 saturated heterocycles. The summed E-state index contributed by atoms with van der Waals surface area (Å²) in [5.41, 5.74) is 9.78. The highest BCUT2D eigenvalue weighted by molar-refractivity contribution is 5.35. The number of hydrogen-bond acceptors (Lipinski definition) is 2. The number of rotatable bonds is 0. The standard InChI is InChI=1S/C11H15NO/c1-7-3-4-9-6-13-8(2)11(12)10(9)5-7/h3-5,8,11H,6,12H2,1-2H3/t8-,11-/m0/s1. The second-order valence-electron chi connectivity index (χ2n) is 3.74. The minimum absolute atomic E-state index is 0.0312. The molecule has 70 valence electrons. The largest absolute Gasteiger partial charge is 0.372 e. The lowest BCUT2D eigenvalue weighted by Gasteiger charge is -2.29. The lowest BCUT2D eigenvalue weighted by Crippen LogP contribution is -2.31. The monoisotopic (exact) mass is 177 g/mol. The number of benzene rings is 1. The highest BCUT2D eigenvalue weighted by atomic mass is 16.5. The topological polar surface area (TPSA) is 35.2 Å². The average molecular weight is 177 g/mol. The Morgan fingerprint density at radius 3 is 3.00 bits per heavy atom. The molecular weight excluding hydrogens is 162 g/mol. The predicted molar refractivity (Wildman–Crippen MR) is 52.4 cm³/mol. The van der Waals surface area contributed by atoms with Gasteiger partial charge in [-0.1, -0.05) is 23.8 Å². The van der Waals surface area contributed by atoms with E-state index < -0.39 is 0 Å². The molecule has 2 rings (SSSR count). The summed E-state index contributed by atoms with van der Waals surface area (Å²) in [6.45, 7) is 4.81. The molecule has 2 atom stereocenters. The van der Waals surface area contributed by atoms with Gasteiger partial charge in [0.25, 0.3) is 0 Å². The van der Waals surface area contributed by atoms with Crippen LogP contribution in [0.3, 0.4) is 0 Å². The van der Waals surface area contributed by atoms with Gasteiger partial charge in [-0.3, -0.25) is 0 Å². The second-order valence-corrected chi connectivity index (χ2v) is 3.74. The van der Waals surface area contributed by atoms with Crippen molar-refractivity contribution < 1.29 is 4.74 Å². The summed E-state index contributed by atoms with van der Waals surface area (Å²) in [7, 11) is 0. The molecule has 0 aliphatic carbocycles. The zero-order valence-corrected chi connectivity index (χ0v) is 8.08. The van der Waals surface area contributed by atoms with Gasteiger partial charge in [-0.25, -0.2) is 0 Å². The van der Waals surface area contributed by atoms with Gasteiger partial charge in [-0.15, -0.1) is 0 Å². The van der Waals surface area contributed by atoms with Gasteiger partial charge in [-0.05, 0) is 25.0 Å². The molecule has 0 unspecified atom stereocenters. The molecule has 1 heterocycles. The van der Waals surface area contributed by atoms with Crippen molar-refractivity contribution in [1.82, 2.24) is 0 Å². The number of nitrogens with two attached hydrogens (primary N) is 1. The molecular formula is C11H15NO. The molecule has 2 N–H and O–H groups in total. The maximum atomic E-state index is 6.03. The molecule has 2 heteroatoms. The Hall–Kier alpha value is -0.860. The van der Waals surface area contributed by atoms with Crippen LogP contribution in [0.15, 0.2) is 18.2 Å². The van der Waals surface area contributed by atoms with Crippen molar-refractivity contribution >= 4 is 0 Å². The summed E-state index contributed by atoms with van der Waals surface area (Å²) in [6.07, 6.45) is 0.134. The van der Waals surface area contributed by atoms with Crippen molar-refractivity contribution in [3.63, 3.8) is 0 Å². The molecule has 1 aliphatic heterocycles. The lowest BCUT2D eigenvalue weighted by atomic mass is 9.94. The van der Waals surface area contributed by atoms with Crippen LogP contribution in [-0.4, -0.2) is 6.10 Å². The molecule has 0 saturated carbocycles. The first-order valence-electron chi connectivity index (χ1n) is 4.65. The van der Waals surface area contributed by atoms with Crippen LogP contribution in [0.5, 0.6) is 0 Å². The zero-order chi connectivity index (χ0) is 9.42. The summed E-state index contributed by atoms with van der Waals surface area (Å²) in [6, 6.07) is 6.41. The van der Waals surface area contributed by atoms with Gasteiger partial charge in [0.05, 0.1) is 18.8 Å². The normalized spacial score (nSPS) is 27.0. The van der Waals surface area contributed by atoms with Crippen LogP contribution in [0.4, 0.5) is 0 Å². The van der Waals surface area contributed by atoms with Crippen molar-refractivity contribution in [2.45, 2.75) is 32.6 Å². The summed E-state index contributed by atoms with van der Waals surface area (Å²) in [5, 5.41) is 0. The fourth-order valence-corrected chi connectivity index (χ4v) is 1.73. The molecule has 2 nitrogen and oxygen atoms in total. The third kappa shape index (κ3) is 1.47. The van der Waals surface area contributed by atoms with Crippen molar-refractivity contribution in [1.29, 1.82) is 0 Å². The van der Waals surface area contributed by atoms with Gasteiger partial charge in [0, 0.05) is 0 Å². The van der Waals surface area contributed by atoms with E-state index in [1.165, 1.54) is 16.7 Å². The molecule has 0 aromatic heterocycles. The molecule has 1 aromatic carbocycles. The molecule has 1 aromatic rings. The molecule has 13 heavy (non-hydrogen) atoms. The molecule has 0 fully saturated rings. The van der Waals surface area contributed by atoms with E-state index >= 15 is 0 Å². The SMILES string of the molecule is Cc1ccc2c(c1)[C@@H](N)[C@H](C)OC2. The van der Waals surface area contributed by atoms with Gasteiger partial charge in [0.1, 0.15) is 0 Å². The Kier molecular flexibility index (Phi) is 2.10. The van der Waals surface area contributed by atoms with Crippen LogP contribution in [-0.2, 0) is 11.3 Å². The van der Waals surface area contributed by atoms with E-state index in [0.29, 0.717) is 6.61 Å². The summed E-state index contributed by atoms with van der Waals surface area (Å²) in [5.74, 6) is 0. The minimum atomic E-state index is 0.0312. The van der Waals surface area contributed by atoms with E-state index in [1.807, 2.05) is 6.92 Å². The predicted octanol–water partition coefficient (Wildman–Crippen LogP) is 1.91. The quantitative estimate of drug-likeness (QED) is 0.657. The maximum absolute atomic E-state index is 6.03. The van der Waals surface area contributed by atoms with E-state index in [2.05, 4.69) is 25.1 Å². The van der Waals surface area contributed by atoms with Crippen LogP contribution in [0.1, 0.15) is 29.7 Å². The Balaban J connectivity index is 2.45. The highest BCUT2D eigenvalue weighted by Crippen LogP contribution is 2.27. The fourth-order valence-electron chi connectivity index (χ4n) is 1.73. The lowest BCUT2D eigenvalue weighted by molar-refractivity contribution is 0.0213. The smallest absolute Gasteiger partial charge is 0.0744 e. The number of fused-ring (bicyclic) bond motifs is 1. The first kappa shape index (κ1) is 8.73. The molecule has 0 radical (unpaired) electrons. The van der Waals surface area contributed by atoms with E-state index in [4.69, 9.17) is 10.5 Å². The van der Waals surface area contributed by atoms with E-state index in [0.717, 1.165) is 0 Å². The van der Waals surface area contributed by atoms with Gasteiger partial charge in [0.15, 0.2) is 0 Å². The molecule has 1 aliphatic rings. The van der Waals surface area contributed by atoms with Crippen LogP contribution in [0.25, 0.3) is 0 Å². The fraction of sp³-hybridized carbons (Fsp3) is 0.455. The molecule has 0 bridgehead atoms. The van der Waals surface area contributed by atoms with E-state index in [-0.39, 0.29) is 12.1 Å². The Labute approximate surface area is 78.7 Å². The van der Waals surface area contributed by atoms with Crippen molar-refractivity contribution in [2.24, 2.45) is 5.73 Å². The van der Waals surface area contributed by atoms with Gasteiger partial charge in [-0.2, -0.15) is 0 Å². The van der Waals surface area contributed by atoms with Gasteiger partial charge in [0.2, 0.25) is 0 Å². The second kappa shape index (κ2) is 3.13. The summed E-state index contributed by atoms with van der Waals surface area (Å²) >= 11 is 0. The van der Waals surface area contributed by atoms with Crippen molar-refractivity contribution in [2.75, 3.05) is 0 Å². The van der Waals surface area contributed by atoms with Crippen LogP contribution in [0, 0.1) is 6.92 Å². The first-order valence-corrected chi connectivity index (χ1v) is 4.65. The maximum Gasteiger partial charge on any atom is 0.0744 e. The third-order valence-corrected chi connectivity index (χ3v) is 2.67. The van der Waals surface area contributed by atoms with Crippen LogP contribution in [0.2, 0.25) is 0 Å². The average Bonchev–Trinajstić information content (AvgIpc) is 2.12. The number of aryl methyl sites for hydroxylation is 1. The Bertz CT molecular complexity index is 322. The number of ether oxygens (including phenoxy) is 1. The summed E-state index contributed by atoms with van der Waals surface area (Å²) < 4.78 is 5.53. The van der Waals surface area contributed by atoms with Crippen molar-refractivity contribution in [3.8, 4) is 0 Å². The first-order chi connectivity index (χ1) is 6.18. The van der Waals surface area contributed by atoms with Crippen LogP contribution >= 0.6 is 0 Å². The third-order valence-electron chi connectivity index (χ3n) is 2.67. The Morgan fingerprint density at radius 1 is 1.46 bits per heavy atom.